The number of rotatable bonds is 50. The Morgan fingerprint density at radius 2 is 0.677 bits per heavy atom. The summed E-state index contributed by atoms with van der Waals surface area (Å²) in [4.78, 5) is 15.2. The van der Waals surface area contributed by atoms with Gasteiger partial charge in [0.25, 0.3) is 10.1 Å². The molecule has 0 aliphatic carbocycles. The molecule has 13 heteroatoms. The zero-order valence-electron chi connectivity index (χ0n) is 42.7. The van der Waals surface area contributed by atoms with Crippen molar-refractivity contribution in [3.05, 3.63) is 0 Å². The van der Waals surface area contributed by atoms with E-state index in [0.717, 1.165) is 38.5 Å². The number of aliphatic imine (C=N–C) groups is 1. The van der Waals surface area contributed by atoms with E-state index in [1.54, 1.807) is 0 Å². The van der Waals surface area contributed by atoms with Gasteiger partial charge < -0.3 is 20.0 Å². The summed E-state index contributed by atoms with van der Waals surface area (Å²) in [5.41, 5.74) is 0. The van der Waals surface area contributed by atoms with E-state index < -0.39 is 31.7 Å². The summed E-state index contributed by atoms with van der Waals surface area (Å²) in [5.74, 6) is -1.42. The SMILES string of the molecule is CCCCCCCCCCCCCCCCCCCCCCCC(=O)NCCS(=O)(=O)O.CCCCCCCCCCCCCCCCCCCCCCCC([O-])=NCCS(=O)(=O)[O-].[Ca+2]. The molecule has 0 radical (unpaired) electrons. The van der Waals surface area contributed by atoms with Crippen LogP contribution < -0.4 is 10.4 Å². The van der Waals surface area contributed by atoms with Crippen molar-refractivity contribution < 1.29 is 35.8 Å². The standard InChI is InChI=1S/2C26H53NO4S.Ca/c2*1-2-3-4-5-6-7-8-9-10-11-12-13-14-15-16-17-18-19-20-21-22-23-26(28)27-24-25-32(29,30)31;/h2*2-25H2,1H3,(H,27,28)(H,29,30,31);/q;;+2/p-2. The summed E-state index contributed by atoms with van der Waals surface area (Å²) >= 11 is 0. The average molecular weight is 990 g/mol. The number of hydrogen-bond acceptors (Lipinski definition) is 8. The van der Waals surface area contributed by atoms with Crippen LogP contribution in [0.4, 0.5) is 0 Å². The first-order chi connectivity index (χ1) is 30.9. The number of nitrogens with one attached hydrogen (secondary N) is 1. The molecular weight excluding hydrogens is 885 g/mol. The predicted octanol–water partition coefficient (Wildman–Crippen LogP) is 14.1. The maximum atomic E-state index is 11.5. The van der Waals surface area contributed by atoms with Gasteiger partial charge in [0.1, 0.15) is 0 Å². The first kappa shape index (κ1) is 69.3. The molecule has 0 aromatic rings. The summed E-state index contributed by atoms with van der Waals surface area (Å²) in [7, 11) is -8.26. The van der Waals surface area contributed by atoms with E-state index >= 15 is 0 Å². The average Bonchev–Trinajstić information content (AvgIpc) is 3.24. The molecule has 65 heavy (non-hydrogen) atoms. The number of unbranched alkanes of at least 4 members (excludes halogenated alkanes) is 40. The Balaban J connectivity index is -0.00000116. The van der Waals surface area contributed by atoms with E-state index in [2.05, 4.69) is 24.2 Å². The third kappa shape index (κ3) is 68.4. The van der Waals surface area contributed by atoms with E-state index in [0.29, 0.717) is 12.8 Å². The zero-order chi connectivity index (χ0) is 47.5. The normalized spacial score (nSPS) is 11.9. The van der Waals surface area contributed by atoms with Gasteiger partial charge in [0, 0.05) is 13.0 Å². The molecule has 0 heterocycles. The third-order valence-electron chi connectivity index (χ3n) is 12.3. The van der Waals surface area contributed by atoms with Gasteiger partial charge in [-0.15, -0.1) is 0 Å². The Kier molecular flexibility index (Phi) is 58.6. The molecule has 10 nitrogen and oxygen atoms in total. The molecule has 0 unspecified atom stereocenters. The Morgan fingerprint density at radius 3 is 0.923 bits per heavy atom. The number of hydrogen-bond donors (Lipinski definition) is 2. The fourth-order valence-electron chi connectivity index (χ4n) is 8.19. The number of carbonyl (C=O) groups is 1. The maximum absolute atomic E-state index is 11.5. The molecule has 0 aromatic heterocycles. The van der Waals surface area contributed by atoms with Crippen LogP contribution in [0.2, 0.25) is 0 Å². The summed E-state index contributed by atoms with van der Waals surface area (Å²) in [5, 5.41) is 14.0. The molecule has 0 spiro atoms. The second kappa shape index (κ2) is 55.0. The van der Waals surface area contributed by atoms with Crippen molar-refractivity contribution in [2.75, 3.05) is 24.6 Å². The van der Waals surface area contributed by atoms with E-state index in [1.165, 1.54) is 231 Å². The van der Waals surface area contributed by atoms with Gasteiger partial charge in [0.05, 0.1) is 28.2 Å². The molecule has 1 amide bonds. The smallest absolute Gasteiger partial charge is 0.862 e. The molecule has 0 bridgehead atoms. The van der Waals surface area contributed by atoms with Gasteiger partial charge >= 0.3 is 37.7 Å². The number of amides is 1. The topological polar surface area (TPSA) is 176 Å². The molecule has 0 atom stereocenters. The van der Waals surface area contributed by atoms with Crippen LogP contribution in [0.5, 0.6) is 0 Å². The fourth-order valence-corrected chi connectivity index (χ4v) is 8.87. The second-order valence-electron chi connectivity index (χ2n) is 18.8. The summed E-state index contributed by atoms with van der Waals surface area (Å²) in [6.45, 7) is 4.33. The molecule has 0 rings (SSSR count). The van der Waals surface area contributed by atoms with E-state index in [-0.39, 0.29) is 62.6 Å². The van der Waals surface area contributed by atoms with Crippen molar-refractivity contribution in [3.63, 3.8) is 0 Å². The van der Waals surface area contributed by atoms with Crippen LogP contribution in [0.3, 0.4) is 0 Å². The van der Waals surface area contributed by atoms with Crippen LogP contribution >= 0.6 is 0 Å². The van der Waals surface area contributed by atoms with Crippen LogP contribution in [0, 0.1) is 0 Å². The molecule has 0 aromatic carbocycles. The molecule has 2 N–H and O–H groups in total. The predicted molar refractivity (Wildman–Crippen MR) is 277 cm³/mol. The molecule has 384 valence electrons. The molecule has 0 fully saturated rings. The first-order valence-corrected chi connectivity index (χ1v) is 30.5. The molecule has 0 saturated heterocycles. The summed E-state index contributed by atoms with van der Waals surface area (Å²) in [6.07, 6.45) is 56.8. The Bertz CT molecular complexity index is 1220. The van der Waals surface area contributed by atoms with Crippen molar-refractivity contribution in [3.8, 4) is 0 Å². The van der Waals surface area contributed by atoms with Crippen LogP contribution in [0.15, 0.2) is 4.99 Å². The number of carbonyl (C=O) groups excluding carboxylic acids is 1. The minimum Gasteiger partial charge on any atom is -0.862 e. The van der Waals surface area contributed by atoms with Crippen molar-refractivity contribution in [2.24, 2.45) is 4.99 Å². The summed E-state index contributed by atoms with van der Waals surface area (Å²) < 4.78 is 61.1. The van der Waals surface area contributed by atoms with Gasteiger partial charge in [-0.1, -0.05) is 271 Å². The van der Waals surface area contributed by atoms with Gasteiger partial charge in [-0.2, -0.15) is 8.42 Å². The Hall–Kier alpha value is 0.0197. The first-order valence-electron chi connectivity index (χ1n) is 27.3. The van der Waals surface area contributed by atoms with Crippen LogP contribution in [-0.2, 0) is 25.0 Å². The largest absolute Gasteiger partial charge is 2.00 e. The quantitative estimate of drug-likeness (QED) is 0.0199. The van der Waals surface area contributed by atoms with Gasteiger partial charge in [0.15, 0.2) is 0 Å². The van der Waals surface area contributed by atoms with Gasteiger partial charge in [-0.25, -0.2) is 8.42 Å². The van der Waals surface area contributed by atoms with E-state index in [1.807, 2.05) is 0 Å². The van der Waals surface area contributed by atoms with E-state index in [4.69, 9.17) is 4.55 Å². The Labute approximate surface area is 433 Å². The molecule has 0 aliphatic heterocycles. The van der Waals surface area contributed by atoms with Gasteiger partial charge in [-0.05, 0) is 25.2 Å². The van der Waals surface area contributed by atoms with E-state index in [9.17, 15) is 31.3 Å². The molecular formula is C52H104CaN2O8S2. The zero-order valence-corrected chi connectivity index (χ0v) is 46.6. The minimum absolute atomic E-state index is 0. The fraction of sp³-hybridized carbons (Fsp3) is 0.962. The third-order valence-corrected chi connectivity index (χ3v) is 13.7. The molecule has 0 saturated carbocycles. The van der Waals surface area contributed by atoms with Crippen LogP contribution in [-0.4, -0.2) is 100 Å². The van der Waals surface area contributed by atoms with Gasteiger partial charge in [-0.3, -0.25) is 9.35 Å². The Morgan fingerprint density at radius 1 is 0.431 bits per heavy atom. The monoisotopic (exact) mass is 989 g/mol. The van der Waals surface area contributed by atoms with Crippen molar-refractivity contribution in [1.29, 1.82) is 0 Å². The summed E-state index contributed by atoms with van der Waals surface area (Å²) in [6, 6.07) is 0. The van der Waals surface area contributed by atoms with Crippen molar-refractivity contribution in [2.45, 2.75) is 296 Å². The minimum atomic E-state index is -4.27. The van der Waals surface area contributed by atoms with Gasteiger partial charge in [0.2, 0.25) is 5.91 Å². The van der Waals surface area contributed by atoms with Crippen LogP contribution in [0.25, 0.3) is 0 Å². The maximum Gasteiger partial charge on any atom is 2.00 e. The second-order valence-corrected chi connectivity index (χ2v) is 21.9. The van der Waals surface area contributed by atoms with Crippen LogP contribution in [0.1, 0.15) is 296 Å². The number of nitrogens with zero attached hydrogens (tertiary/aromatic N) is 1. The van der Waals surface area contributed by atoms with Crippen molar-refractivity contribution >= 4 is 69.8 Å². The molecule has 0 aliphatic rings. The van der Waals surface area contributed by atoms with Crippen molar-refractivity contribution in [1.82, 2.24) is 5.32 Å².